The number of halogens is 1. The van der Waals surface area contributed by atoms with E-state index in [2.05, 4.69) is 25.6 Å². The highest BCUT2D eigenvalue weighted by Crippen LogP contribution is 2.29. The number of sulfonamides is 1. The van der Waals surface area contributed by atoms with Crippen LogP contribution in [0.4, 0.5) is 0 Å². The van der Waals surface area contributed by atoms with E-state index in [0.717, 1.165) is 0 Å². The maximum absolute atomic E-state index is 12.1. The Hall–Kier alpha value is -2.14. The van der Waals surface area contributed by atoms with E-state index < -0.39 is 16.1 Å². The molecular formula is C16H19ClN6O3S. The van der Waals surface area contributed by atoms with Gasteiger partial charge in [0.2, 0.25) is 10.0 Å². The van der Waals surface area contributed by atoms with Gasteiger partial charge in [0.1, 0.15) is 17.2 Å². The first kappa shape index (κ1) is 19.6. The molecule has 1 atom stereocenters. The Morgan fingerprint density at radius 1 is 1.30 bits per heavy atom. The quantitative estimate of drug-likeness (QED) is 0.703. The van der Waals surface area contributed by atoms with Crippen LogP contribution in [0.2, 0.25) is 5.15 Å². The number of pyridine rings is 1. The number of amides is 1. The molecule has 0 bridgehead atoms. The number of rotatable bonds is 4. The van der Waals surface area contributed by atoms with Crippen molar-refractivity contribution in [2.45, 2.75) is 6.04 Å². The summed E-state index contributed by atoms with van der Waals surface area (Å²) in [7, 11) is -1.87. The normalized spacial score (nSPS) is 18.3. The highest BCUT2D eigenvalue weighted by atomic mass is 35.5. The van der Waals surface area contributed by atoms with E-state index in [4.69, 9.17) is 11.6 Å². The third-order valence-corrected chi connectivity index (χ3v) is 5.69. The zero-order valence-corrected chi connectivity index (χ0v) is 16.4. The standard InChI is InChI=1S/C16H19ClN6O3S/c1-18-16(24)13-7-11(20-9-21-13)12-5-10(6-15(17)22-12)14-8-19-3-4-23(14)27(2,25)26/h5-7,9,14,19H,3-4,8H2,1-2H3,(H,18,24)/t14-/m1/s1. The lowest BCUT2D eigenvalue weighted by atomic mass is 10.0. The summed E-state index contributed by atoms with van der Waals surface area (Å²) in [6, 6.07) is 4.47. The predicted octanol–water partition coefficient (Wildman–Crippen LogP) is 0.457. The third kappa shape index (κ3) is 4.41. The molecule has 0 aliphatic carbocycles. The summed E-state index contributed by atoms with van der Waals surface area (Å²) in [6.07, 6.45) is 2.46. The maximum atomic E-state index is 12.1. The fourth-order valence-electron chi connectivity index (χ4n) is 2.96. The Bertz CT molecular complexity index is 968. The summed E-state index contributed by atoms with van der Waals surface area (Å²) in [5, 5.41) is 5.91. The van der Waals surface area contributed by atoms with Crippen LogP contribution in [-0.4, -0.2) is 66.5 Å². The third-order valence-electron chi connectivity index (χ3n) is 4.21. The zero-order valence-electron chi connectivity index (χ0n) is 14.8. The molecule has 2 aromatic rings. The van der Waals surface area contributed by atoms with E-state index in [1.165, 1.54) is 30.0 Å². The lowest BCUT2D eigenvalue weighted by Gasteiger charge is -2.34. The van der Waals surface area contributed by atoms with Gasteiger partial charge in [-0.05, 0) is 23.8 Å². The lowest BCUT2D eigenvalue weighted by Crippen LogP contribution is -2.48. The molecule has 1 aliphatic rings. The molecular weight excluding hydrogens is 392 g/mol. The van der Waals surface area contributed by atoms with Crippen molar-refractivity contribution in [3.63, 3.8) is 0 Å². The van der Waals surface area contributed by atoms with Crippen LogP contribution in [-0.2, 0) is 10.0 Å². The summed E-state index contributed by atoms with van der Waals surface area (Å²) in [4.78, 5) is 24.2. The van der Waals surface area contributed by atoms with Gasteiger partial charge >= 0.3 is 0 Å². The van der Waals surface area contributed by atoms with Crippen molar-refractivity contribution >= 4 is 27.5 Å². The Morgan fingerprint density at radius 2 is 2.07 bits per heavy atom. The van der Waals surface area contributed by atoms with E-state index in [1.54, 1.807) is 12.1 Å². The van der Waals surface area contributed by atoms with Crippen molar-refractivity contribution in [1.82, 2.24) is 29.9 Å². The summed E-state index contributed by atoms with van der Waals surface area (Å²) >= 11 is 6.19. The van der Waals surface area contributed by atoms with Gasteiger partial charge in [0, 0.05) is 26.7 Å². The molecule has 1 saturated heterocycles. The molecule has 0 radical (unpaired) electrons. The Morgan fingerprint density at radius 3 is 2.78 bits per heavy atom. The second-order valence-electron chi connectivity index (χ2n) is 6.07. The molecule has 0 spiro atoms. The molecule has 1 fully saturated rings. The number of piperazine rings is 1. The molecule has 2 aromatic heterocycles. The SMILES string of the molecule is CNC(=O)c1cc(-c2cc([C@H]3CNCCN3S(C)(=O)=O)cc(Cl)n2)ncn1. The molecule has 1 aliphatic heterocycles. The van der Waals surface area contributed by atoms with Crippen molar-refractivity contribution in [1.29, 1.82) is 0 Å². The second-order valence-corrected chi connectivity index (χ2v) is 8.39. The largest absolute Gasteiger partial charge is 0.354 e. The number of carbonyl (C=O) groups is 1. The van der Waals surface area contributed by atoms with Crippen LogP contribution in [0.5, 0.6) is 0 Å². The van der Waals surface area contributed by atoms with Crippen LogP contribution in [0.1, 0.15) is 22.1 Å². The molecule has 1 amide bonds. The molecule has 144 valence electrons. The summed E-state index contributed by atoms with van der Waals surface area (Å²) < 4.78 is 25.7. The number of carbonyl (C=O) groups excluding carboxylic acids is 1. The van der Waals surface area contributed by atoms with Crippen LogP contribution >= 0.6 is 11.6 Å². The average molecular weight is 411 g/mol. The van der Waals surface area contributed by atoms with Gasteiger partial charge in [0.05, 0.1) is 23.7 Å². The highest BCUT2D eigenvalue weighted by molar-refractivity contribution is 7.88. The maximum Gasteiger partial charge on any atom is 0.269 e. The van der Waals surface area contributed by atoms with E-state index in [0.29, 0.717) is 36.6 Å². The first-order valence-corrected chi connectivity index (χ1v) is 10.4. The molecule has 0 aromatic carbocycles. The van der Waals surface area contributed by atoms with Crippen molar-refractivity contribution in [2.75, 3.05) is 32.9 Å². The average Bonchev–Trinajstić information content (AvgIpc) is 2.66. The van der Waals surface area contributed by atoms with Crippen molar-refractivity contribution in [3.05, 3.63) is 40.9 Å². The molecule has 11 heteroatoms. The van der Waals surface area contributed by atoms with Gasteiger partial charge in [-0.15, -0.1) is 0 Å². The van der Waals surface area contributed by atoms with Crippen molar-refractivity contribution in [3.8, 4) is 11.4 Å². The molecule has 0 unspecified atom stereocenters. The minimum Gasteiger partial charge on any atom is -0.354 e. The van der Waals surface area contributed by atoms with Gasteiger partial charge < -0.3 is 10.6 Å². The fourth-order valence-corrected chi connectivity index (χ4v) is 4.26. The topological polar surface area (TPSA) is 117 Å². The van der Waals surface area contributed by atoms with Gasteiger partial charge in [-0.3, -0.25) is 4.79 Å². The lowest BCUT2D eigenvalue weighted by molar-refractivity contribution is 0.0958. The van der Waals surface area contributed by atoms with Gasteiger partial charge in [-0.25, -0.2) is 23.4 Å². The van der Waals surface area contributed by atoms with Crippen LogP contribution < -0.4 is 10.6 Å². The Kier molecular flexibility index (Phi) is 5.70. The Labute approximate surface area is 162 Å². The smallest absolute Gasteiger partial charge is 0.269 e. The minimum atomic E-state index is -3.38. The van der Waals surface area contributed by atoms with Crippen molar-refractivity contribution < 1.29 is 13.2 Å². The number of hydrogen-bond acceptors (Lipinski definition) is 7. The molecule has 3 heterocycles. The van der Waals surface area contributed by atoms with E-state index in [9.17, 15) is 13.2 Å². The monoisotopic (exact) mass is 410 g/mol. The fraction of sp³-hybridized carbons (Fsp3) is 0.375. The minimum absolute atomic E-state index is 0.197. The van der Waals surface area contributed by atoms with Gasteiger partial charge in [-0.1, -0.05) is 11.6 Å². The number of nitrogens with zero attached hydrogens (tertiary/aromatic N) is 4. The van der Waals surface area contributed by atoms with Gasteiger partial charge in [0.25, 0.3) is 5.91 Å². The van der Waals surface area contributed by atoms with Gasteiger partial charge in [0.15, 0.2) is 0 Å². The molecule has 9 nitrogen and oxygen atoms in total. The Balaban J connectivity index is 2.03. The molecule has 27 heavy (non-hydrogen) atoms. The first-order valence-electron chi connectivity index (χ1n) is 8.19. The molecule has 3 rings (SSSR count). The van der Waals surface area contributed by atoms with Crippen LogP contribution in [0.25, 0.3) is 11.4 Å². The number of nitrogens with one attached hydrogen (secondary N) is 2. The number of aromatic nitrogens is 3. The highest BCUT2D eigenvalue weighted by Gasteiger charge is 2.31. The van der Waals surface area contributed by atoms with Crippen molar-refractivity contribution in [2.24, 2.45) is 0 Å². The zero-order chi connectivity index (χ0) is 19.6. The summed E-state index contributed by atoms with van der Waals surface area (Å²) in [5.41, 5.74) is 1.75. The predicted molar refractivity (Wildman–Crippen MR) is 101 cm³/mol. The summed E-state index contributed by atoms with van der Waals surface area (Å²) in [6.45, 7) is 1.41. The van der Waals surface area contributed by atoms with E-state index in [-0.39, 0.29) is 16.8 Å². The first-order chi connectivity index (χ1) is 12.8. The second kappa shape index (κ2) is 7.85. The number of hydrogen-bond donors (Lipinski definition) is 2. The molecule has 2 N–H and O–H groups in total. The van der Waals surface area contributed by atoms with E-state index >= 15 is 0 Å². The summed E-state index contributed by atoms with van der Waals surface area (Å²) in [5.74, 6) is -0.347. The van der Waals surface area contributed by atoms with Crippen LogP contribution in [0, 0.1) is 0 Å². The molecule has 0 saturated carbocycles. The van der Waals surface area contributed by atoms with Gasteiger partial charge in [-0.2, -0.15) is 4.31 Å². The van der Waals surface area contributed by atoms with Crippen LogP contribution in [0.3, 0.4) is 0 Å². The van der Waals surface area contributed by atoms with E-state index in [1.807, 2.05) is 0 Å². The van der Waals surface area contributed by atoms with Crippen LogP contribution in [0.15, 0.2) is 24.5 Å².